The Kier molecular flexibility index (Phi) is 5.29. The van der Waals surface area contributed by atoms with E-state index < -0.39 is 10.0 Å². The van der Waals surface area contributed by atoms with Gasteiger partial charge in [-0.05, 0) is 30.0 Å². The number of aryl methyl sites for hydroxylation is 1. The van der Waals surface area contributed by atoms with Crippen LogP contribution in [0, 0.1) is 12.3 Å². The van der Waals surface area contributed by atoms with E-state index in [0.29, 0.717) is 23.8 Å². The Morgan fingerprint density at radius 1 is 1.15 bits per heavy atom. The number of aliphatic imine (C=N–C) groups is 1. The predicted molar refractivity (Wildman–Crippen MR) is 110 cm³/mol. The maximum absolute atomic E-state index is 12.7. The smallest absolute Gasteiger partial charge is 0.236 e. The molecule has 0 aliphatic carbocycles. The lowest BCUT2D eigenvalue weighted by Crippen LogP contribution is -2.25. The van der Waals surface area contributed by atoms with Crippen LogP contribution in [-0.2, 0) is 20.5 Å². The number of nitrogens with one attached hydrogen (secondary N) is 1. The molecule has 0 spiro atoms. The minimum Gasteiger partial charge on any atom is -0.475 e. The maximum Gasteiger partial charge on any atom is 0.236 e. The summed E-state index contributed by atoms with van der Waals surface area (Å²) in [5, 5.41) is 0. The van der Waals surface area contributed by atoms with Gasteiger partial charge in [0.05, 0.1) is 23.0 Å². The van der Waals surface area contributed by atoms with Gasteiger partial charge in [0.15, 0.2) is 0 Å². The van der Waals surface area contributed by atoms with Crippen LogP contribution < -0.4 is 4.72 Å². The average Bonchev–Trinajstić information content (AvgIpc) is 3.07. The van der Waals surface area contributed by atoms with Crippen molar-refractivity contribution in [2.75, 3.05) is 11.3 Å². The molecule has 0 fully saturated rings. The number of nitrogens with zero attached hydrogens (tertiary/aromatic N) is 1. The second-order valence-corrected chi connectivity index (χ2v) is 9.75. The van der Waals surface area contributed by atoms with Gasteiger partial charge in [-0.1, -0.05) is 62.7 Å². The van der Waals surface area contributed by atoms with Gasteiger partial charge in [0.2, 0.25) is 15.9 Å². The zero-order chi connectivity index (χ0) is 19.7. The molecule has 3 rings (SSSR count). The highest BCUT2D eigenvalue weighted by molar-refractivity contribution is 7.91. The van der Waals surface area contributed by atoms with Crippen LogP contribution >= 0.6 is 0 Å². The zero-order valence-corrected chi connectivity index (χ0v) is 17.0. The molecule has 1 heterocycles. The zero-order valence-electron chi connectivity index (χ0n) is 16.2. The van der Waals surface area contributed by atoms with Crippen LogP contribution in [0.15, 0.2) is 53.5 Å². The van der Waals surface area contributed by atoms with Crippen LogP contribution in [0.4, 0.5) is 5.69 Å². The van der Waals surface area contributed by atoms with E-state index in [1.54, 1.807) is 18.2 Å². The molecular formula is C21H26N2O3S. The van der Waals surface area contributed by atoms with E-state index in [1.165, 1.54) is 0 Å². The Morgan fingerprint density at radius 2 is 1.85 bits per heavy atom. The van der Waals surface area contributed by atoms with Gasteiger partial charge in [0.25, 0.3) is 0 Å². The molecule has 2 aromatic carbocycles. The summed E-state index contributed by atoms with van der Waals surface area (Å²) < 4.78 is 33.8. The van der Waals surface area contributed by atoms with E-state index in [4.69, 9.17) is 9.73 Å². The molecular weight excluding hydrogens is 360 g/mol. The lowest BCUT2D eigenvalue weighted by Gasteiger charge is -2.21. The second-order valence-electron chi connectivity index (χ2n) is 8.02. The third kappa shape index (κ3) is 4.89. The lowest BCUT2D eigenvalue weighted by molar-refractivity contribution is 0.236. The van der Waals surface area contributed by atoms with Gasteiger partial charge < -0.3 is 4.74 Å². The topological polar surface area (TPSA) is 67.8 Å². The molecule has 0 aromatic heterocycles. The summed E-state index contributed by atoms with van der Waals surface area (Å²) in [5.41, 5.74) is 2.91. The molecule has 1 aliphatic heterocycles. The van der Waals surface area contributed by atoms with Crippen LogP contribution in [0.5, 0.6) is 0 Å². The lowest BCUT2D eigenvalue weighted by atomic mass is 9.88. The monoisotopic (exact) mass is 386 g/mol. The minimum absolute atomic E-state index is 0.0153. The fourth-order valence-corrected chi connectivity index (χ4v) is 4.10. The maximum atomic E-state index is 12.7. The fraction of sp³-hybridized carbons (Fsp3) is 0.381. The Bertz CT molecular complexity index is 945. The van der Waals surface area contributed by atoms with Crippen LogP contribution in [0.25, 0.3) is 0 Å². The molecule has 6 heteroatoms. The molecule has 0 unspecified atom stereocenters. The standard InChI is InChI=1S/C21H26N2O3S/c1-15-10-11-18(23-27(24,25)14-16-8-6-5-7-9-16)17(12-15)20-22-19(13-26-20)21(2,3)4/h5-12,19,23H,13-14H2,1-4H3/t19-/m0/s1. The molecule has 2 aromatic rings. The van der Waals surface area contributed by atoms with Crippen molar-refractivity contribution in [3.8, 4) is 0 Å². The van der Waals surface area contributed by atoms with Gasteiger partial charge in [-0.3, -0.25) is 4.72 Å². The number of ether oxygens (including phenoxy) is 1. The first-order valence-electron chi connectivity index (χ1n) is 9.00. The number of anilines is 1. The Morgan fingerprint density at radius 3 is 2.48 bits per heavy atom. The molecule has 0 saturated heterocycles. The quantitative estimate of drug-likeness (QED) is 0.840. The SMILES string of the molecule is Cc1ccc(NS(=O)(=O)Cc2ccccc2)c(C2=N[C@H](C(C)(C)C)CO2)c1. The Hall–Kier alpha value is -2.34. The van der Waals surface area contributed by atoms with Crippen molar-refractivity contribution in [3.63, 3.8) is 0 Å². The summed E-state index contributed by atoms with van der Waals surface area (Å²) in [7, 11) is -3.56. The summed E-state index contributed by atoms with van der Waals surface area (Å²) >= 11 is 0. The van der Waals surface area contributed by atoms with Gasteiger partial charge in [-0.25, -0.2) is 13.4 Å². The van der Waals surface area contributed by atoms with Crippen molar-refractivity contribution in [1.82, 2.24) is 0 Å². The number of hydrogen-bond acceptors (Lipinski definition) is 4. The largest absolute Gasteiger partial charge is 0.475 e. The van der Waals surface area contributed by atoms with Gasteiger partial charge >= 0.3 is 0 Å². The van der Waals surface area contributed by atoms with Crippen LogP contribution in [0.3, 0.4) is 0 Å². The molecule has 144 valence electrons. The van der Waals surface area contributed by atoms with E-state index in [0.717, 1.165) is 11.1 Å². The van der Waals surface area contributed by atoms with Crippen LogP contribution in [0.1, 0.15) is 37.5 Å². The Labute approximate surface area is 161 Å². The summed E-state index contributed by atoms with van der Waals surface area (Å²) in [6, 6.07) is 14.7. The van der Waals surface area contributed by atoms with Gasteiger partial charge in [0.1, 0.15) is 6.61 Å². The Balaban J connectivity index is 1.89. The molecule has 1 N–H and O–H groups in total. The first kappa shape index (κ1) is 19.4. The van der Waals surface area contributed by atoms with Crippen molar-refractivity contribution >= 4 is 21.6 Å². The predicted octanol–water partition coefficient (Wildman–Crippen LogP) is 4.13. The summed E-state index contributed by atoms with van der Waals surface area (Å²) in [4.78, 5) is 4.70. The molecule has 0 radical (unpaired) electrons. The molecule has 5 nitrogen and oxygen atoms in total. The summed E-state index contributed by atoms with van der Waals surface area (Å²) in [6.07, 6.45) is 0. The molecule has 27 heavy (non-hydrogen) atoms. The first-order chi connectivity index (χ1) is 12.6. The number of hydrogen-bond donors (Lipinski definition) is 1. The molecule has 1 atom stereocenters. The highest BCUT2D eigenvalue weighted by Gasteiger charge is 2.31. The molecule has 0 amide bonds. The van der Waals surface area contributed by atoms with Gasteiger partial charge in [-0.15, -0.1) is 0 Å². The average molecular weight is 387 g/mol. The second kappa shape index (κ2) is 7.35. The van der Waals surface area contributed by atoms with Crippen molar-refractivity contribution in [2.24, 2.45) is 10.4 Å². The van der Waals surface area contributed by atoms with Crippen molar-refractivity contribution in [3.05, 3.63) is 65.2 Å². The summed E-state index contributed by atoms with van der Waals surface area (Å²) in [5.74, 6) is 0.412. The minimum atomic E-state index is -3.56. The van der Waals surface area contributed by atoms with Crippen molar-refractivity contribution in [1.29, 1.82) is 0 Å². The normalized spacial score (nSPS) is 17.3. The van der Waals surface area contributed by atoms with E-state index in [1.807, 2.05) is 37.3 Å². The molecule has 1 aliphatic rings. The summed E-state index contributed by atoms with van der Waals surface area (Å²) in [6.45, 7) is 8.82. The van der Waals surface area contributed by atoms with Gasteiger partial charge in [0, 0.05) is 0 Å². The first-order valence-corrected chi connectivity index (χ1v) is 10.7. The van der Waals surface area contributed by atoms with Crippen molar-refractivity contribution < 1.29 is 13.2 Å². The number of sulfonamides is 1. The third-order valence-corrected chi connectivity index (χ3v) is 5.77. The molecule has 0 bridgehead atoms. The van der Waals surface area contributed by atoms with Gasteiger partial charge in [-0.2, -0.15) is 0 Å². The van der Waals surface area contributed by atoms with Crippen LogP contribution in [0.2, 0.25) is 0 Å². The number of benzene rings is 2. The van der Waals surface area contributed by atoms with E-state index in [2.05, 4.69) is 25.5 Å². The number of rotatable bonds is 5. The fourth-order valence-electron chi connectivity index (χ4n) is 2.89. The van der Waals surface area contributed by atoms with E-state index in [9.17, 15) is 8.42 Å². The third-order valence-electron chi connectivity index (χ3n) is 4.52. The highest BCUT2D eigenvalue weighted by Crippen LogP contribution is 2.30. The van der Waals surface area contributed by atoms with E-state index >= 15 is 0 Å². The van der Waals surface area contributed by atoms with E-state index in [-0.39, 0.29) is 17.2 Å². The van der Waals surface area contributed by atoms with Crippen LogP contribution in [-0.4, -0.2) is 27.0 Å². The highest BCUT2D eigenvalue weighted by atomic mass is 32.2. The van der Waals surface area contributed by atoms with Crippen molar-refractivity contribution in [2.45, 2.75) is 39.5 Å². The molecule has 0 saturated carbocycles.